The van der Waals surface area contributed by atoms with Gasteiger partial charge in [0.2, 0.25) is 5.91 Å². The lowest BCUT2D eigenvalue weighted by molar-refractivity contribution is -0.128. The van der Waals surface area contributed by atoms with Crippen LogP contribution in [-0.4, -0.2) is 34.5 Å². The molecular weight excluding hydrogens is 447 g/mol. The van der Waals surface area contributed by atoms with Gasteiger partial charge in [0.15, 0.2) is 0 Å². The summed E-state index contributed by atoms with van der Waals surface area (Å²) < 4.78 is 14.9. The Kier molecular flexibility index (Phi) is 5.37. The van der Waals surface area contributed by atoms with Gasteiger partial charge < -0.3 is 15.3 Å². The number of hydrogen-bond acceptors (Lipinski definition) is 3. The predicted octanol–water partition coefficient (Wildman–Crippen LogP) is 4.53. The summed E-state index contributed by atoms with van der Waals surface area (Å²) >= 11 is 4.02. The van der Waals surface area contributed by atoms with E-state index in [1.807, 2.05) is 17.0 Å². The molecular formula is C24H32BrFN2O2. The van der Waals surface area contributed by atoms with Crippen molar-refractivity contribution < 1.29 is 14.3 Å². The van der Waals surface area contributed by atoms with E-state index in [4.69, 9.17) is 0 Å². The maximum absolute atomic E-state index is 14.7. The number of hydrogen-bond donors (Lipinski definition) is 2. The SMILES string of the molecule is O=C(CC12CC3CC(CC(Br)(C3)C1)C2)NCc1ccc(N2CCC(O)CC2)c(F)c1. The molecule has 2 atom stereocenters. The summed E-state index contributed by atoms with van der Waals surface area (Å²) in [6.07, 6.45) is 9.08. The Morgan fingerprint density at radius 1 is 1.20 bits per heavy atom. The number of carbonyl (C=O) groups is 1. The van der Waals surface area contributed by atoms with Gasteiger partial charge in [0.05, 0.1) is 11.8 Å². The van der Waals surface area contributed by atoms with E-state index >= 15 is 0 Å². The summed E-state index contributed by atoms with van der Waals surface area (Å²) in [6, 6.07) is 5.25. The van der Waals surface area contributed by atoms with Crippen LogP contribution in [0, 0.1) is 23.1 Å². The van der Waals surface area contributed by atoms with Crippen molar-refractivity contribution in [1.29, 1.82) is 0 Å². The third-order valence-corrected chi connectivity index (χ3v) is 8.88. The molecule has 1 amide bonds. The summed E-state index contributed by atoms with van der Waals surface area (Å²) in [5.74, 6) is 1.40. The van der Waals surface area contributed by atoms with Gasteiger partial charge in [-0.1, -0.05) is 22.0 Å². The lowest BCUT2D eigenvalue weighted by atomic mass is 9.48. The van der Waals surface area contributed by atoms with Crippen molar-refractivity contribution >= 4 is 27.5 Å². The van der Waals surface area contributed by atoms with E-state index in [9.17, 15) is 14.3 Å². The van der Waals surface area contributed by atoms with Gasteiger partial charge in [-0.15, -0.1) is 0 Å². The molecule has 164 valence electrons. The highest BCUT2D eigenvalue weighted by Gasteiger charge is 2.57. The number of aliphatic hydroxyl groups is 1. The standard InChI is InChI=1S/C24H32BrFN2O2/c25-24-11-17-7-18(12-24)10-23(9-17,15-24)13-22(30)27-14-16-1-2-21(20(26)8-16)28-5-3-19(29)4-6-28/h1-2,8,17-19,29H,3-7,9-15H2,(H,27,30). The highest BCUT2D eigenvalue weighted by atomic mass is 79.9. The van der Waals surface area contributed by atoms with Crippen LogP contribution in [0.4, 0.5) is 10.1 Å². The molecule has 0 spiro atoms. The molecule has 4 saturated carbocycles. The number of carbonyl (C=O) groups excluding carboxylic acids is 1. The van der Waals surface area contributed by atoms with Crippen LogP contribution < -0.4 is 10.2 Å². The normalized spacial score (nSPS) is 35.6. The number of rotatable bonds is 5. The van der Waals surface area contributed by atoms with Crippen LogP contribution in [0.1, 0.15) is 63.4 Å². The minimum atomic E-state index is -0.271. The number of anilines is 1. The first-order valence-corrected chi connectivity index (χ1v) is 12.3. The summed E-state index contributed by atoms with van der Waals surface area (Å²) in [4.78, 5) is 14.8. The lowest BCUT2D eigenvalue weighted by Crippen LogP contribution is -2.54. The van der Waals surface area contributed by atoms with Crippen molar-refractivity contribution in [2.45, 2.75) is 74.8 Å². The molecule has 5 aliphatic rings. The zero-order chi connectivity index (χ0) is 20.9. The molecule has 6 rings (SSSR count). The molecule has 30 heavy (non-hydrogen) atoms. The van der Waals surface area contributed by atoms with Gasteiger partial charge in [0.25, 0.3) is 0 Å². The number of alkyl halides is 1. The molecule has 1 aliphatic heterocycles. The number of piperidine rings is 1. The maximum Gasteiger partial charge on any atom is 0.220 e. The highest BCUT2D eigenvalue weighted by molar-refractivity contribution is 9.10. The minimum Gasteiger partial charge on any atom is -0.393 e. The first-order chi connectivity index (χ1) is 14.3. The summed E-state index contributed by atoms with van der Waals surface area (Å²) in [7, 11) is 0. The largest absolute Gasteiger partial charge is 0.393 e. The van der Waals surface area contributed by atoms with Crippen LogP contribution in [0.25, 0.3) is 0 Å². The van der Waals surface area contributed by atoms with Crippen molar-refractivity contribution in [1.82, 2.24) is 5.32 Å². The van der Waals surface area contributed by atoms with E-state index in [0.717, 1.165) is 23.8 Å². The zero-order valence-corrected chi connectivity index (χ0v) is 19.1. The van der Waals surface area contributed by atoms with Crippen molar-refractivity contribution in [2.24, 2.45) is 17.3 Å². The predicted molar refractivity (Wildman–Crippen MR) is 119 cm³/mol. The van der Waals surface area contributed by atoms with Gasteiger partial charge in [-0.05, 0) is 86.3 Å². The van der Waals surface area contributed by atoms with Crippen LogP contribution in [0.3, 0.4) is 0 Å². The molecule has 4 nitrogen and oxygen atoms in total. The van der Waals surface area contributed by atoms with Gasteiger partial charge in [0, 0.05) is 30.4 Å². The molecule has 1 aromatic carbocycles. The van der Waals surface area contributed by atoms with E-state index in [0.29, 0.717) is 44.6 Å². The monoisotopic (exact) mass is 478 g/mol. The molecule has 1 aromatic rings. The van der Waals surface area contributed by atoms with E-state index in [1.54, 1.807) is 6.07 Å². The quantitative estimate of drug-likeness (QED) is 0.611. The first-order valence-electron chi connectivity index (χ1n) is 11.5. The van der Waals surface area contributed by atoms with Crippen LogP contribution in [0.5, 0.6) is 0 Å². The second-order valence-electron chi connectivity index (χ2n) is 10.6. The Hall–Kier alpha value is -1.14. The van der Waals surface area contributed by atoms with Crippen LogP contribution in [-0.2, 0) is 11.3 Å². The number of nitrogens with one attached hydrogen (secondary N) is 1. The molecule has 4 bridgehead atoms. The Morgan fingerprint density at radius 3 is 2.53 bits per heavy atom. The van der Waals surface area contributed by atoms with Crippen molar-refractivity contribution in [3.8, 4) is 0 Å². The fourth-order valence-electron chi connectivity index (χ4n) is 7.17. The lowest BCUT2D eigenvalue weighted by Gasteiger charge is -2.60. The first kappa shape index (κ1) is 20.7. The summed E-state index contributed by atoms with van der Waals surface area (Å²) in [6.45, 7) is 1.72. The van der Waals surface area contributed by atoms with Crippen molar-refractivity contribution in [3.05, 3.63) is 29.6 Å². The molecule has 0 radical (unpaired) electrons. The number of nitrogens with zero attached hydrogens (tertiary/aromatic N) is 1. The van der Waals surface area contributed by atoms with Gasteiger partial charge in [-0.3, -0.25) is 4.79 Å². The molecule has 6 heteroatoms. The zero-order valence-electron chi connectivity index (χ0n) is 17.5. The van der Waals surface area contributed by atoms with Crippen LogP contribution in [0.2, 0.25) is 0 Å². The second-order valence-corrected chi connectivity index (χ2v) is 12.3. The molecule has 1 saturated heterocycles. The molecule has 4 aliphatic carbocycles. The maximum atomic E-state index is 14.7. The van der Waals surface area contributed by atoms with Gasteiger partial charge in [-0.25, -0.2) is 4.39 Å². The number of halogens is 2. The topological polar surface area (TPSA) is 52.6 Å². The smallest absolute Gasteiger partial charge is 0.220 e. The van der Waals surface area contributed by atoms with Crippen molar-refractivity contribution in [2.75, 3.05) is 18.0 Å². The average molecular weight is 479 g/mol. The summed E-state index contributed by atoms with van der Waals surface area (Å²) in [5, 5.41) is 12.7. The third-order valence-electron chi connectivity index (χ3n) is 7.95. The Labute approximate surface area is 186 Å². The van der Waals surface area contributed by atoms with E-state index < -0.39 is 0 Å². The van der Waals surface area contributed by atoms with Crippen LogP contribution >= 0.6 is 15.9 Å². The fraction of sp³-hybridized carbons (Fsp3) is 0.708. The van der Waals surface area contributed by atoms with E-state index in [2.05, 4.69) is 21.2 Å². The number of aliphatic hydroxyl groups excluding tert-OH is 1. The number of amides is 1. The molecule has 2 N–H and O–H groups in total. The van der Waals surface area contributed by atoms with E-state index in [-0.39, 0.29) is 27.6 Å². The Morgan fingerprint density at radius 2 is 1.90 bits per heavy atom. The van der Waals surface area contributed by atoms with E-state index in [1.165, 1.54) is 32.1 Å². The third kappa shape index (κ3) is 4.14. The molecule has 0 aromatic heterocycles. The number of benzene rings is 1. The Balaban J connectivity index is 1.18. The van der Waals surface area contributed by atoms with Crippen LogP contribution in [0.15, 0.2) is 18.2 Å². The molecule has 5 fully saturated rings. The molecule has 1 heterocycles. The molecule has 2 unspecified atom stereocenters. The fourth-order valence-corrected chi connectivity index (χ4v) is 8.68. The highest BCUT2D eigenvalue weighted by Crippen LogP contribution is 2.65. The average Bonchev–Trinajstić information content (AvgIpc) is 2.65. The van der Waals surface area contributed by atoms with Gasteiger partial charge >= 0.3 is 0 Å². The van der Waals surface area contributed by atoms with Crippen molar-refractivity contribution in [3.63, 3.8) is 0 Å². The Bertz CT molecular complexity index is 809. The van der Waals surface area contributed by atoms with Gasteiger partial charge in [-0.2, -0.15) is 0 Å². The minimum absolute atomic E-state index is 0.0996. The summed E-state index contributed by atoms with van der Waals surface area (Å²) in [5.41, 5.74) is 1.54. The second kappa shape index (κ2) is 7.77. The van der Waals surface area contributed by atoms with Gasteiger partial charge in [0.1, 0.15) is 5.82 Å².